The van der Waals surface area contributed by atoms with Gasteiger partial charge in [0, 0.05) is 33.1 Å². The molecule has 2 atom stereocenters. The lowest BCUT2D eigenvalue weighted by molar-refractivity contribution is -0.144. The topological polar surface area (TPSA) is 64.6 Å². The number of dihydropyridines is 1. The first kappa shape index (κ1) is 22.9. The number of methoxy groups -OCH3 is 1. The Morgan fingerprint density at radius 3 is 2.59 bits per heavy atom. The van der Waals surface area contributed by atoms with Gasteiger partial charge < -0.3 is 14.8 Å². The Bertz CT molecular complexity index is 1180. The monoisotopic (exact) mass is 477 g/mol. The number of rotatable bonds is 5. The molecule has 1 aromatic carbocycles. The second-order valence-electron chi connectivity index (χ2n) is 9.55. The Balaban J connectivity index is 1.51. The summed E-state index contributed by atoms with van der Waals surface area (Å²) in [5.41, 5.74) is 4.12. The second-order valence-corrected chi connectivity index (χ2v) is 10.9. The Morgan fingerprint density at radius 2 is 1.88 bits per heavy atom. The van der Waals surface area contributed by atoms with Crippen LogP contribution in [0.2, 0.25) is 0 Å². The van der Waals surface area contributed by atoms with E-state index in [1.807, 2.05) is 25.1 Å². The van der Waals surface area contributed by atoms with Crippen LogP contribution in [0.3, 0.4) is 0 Å². The fraction of sp³-hybridized carbons (Fsp3) is 0.429. The Kier molecular flexibility index (Phi) is 6.34. The van der Waals surface area contributed by atoms with Crippen LogP contribution >= 0.6 is 11.3 Å². The number of aryl methyl sites for hydroxylation is 1. The summed E-state index contributed by atoms with van der Waals surface area (Å²) in [7, 11) is 1.66. The molecule has 6 heteroatoms. The number of thiophene rings is 1. The molecule has 0 saturated heterocycles. The molecule has 1 saturated carbocycles. The molecule has 2 heterocycles. The average Bonchev–Trinajstić information content (AvgIpc) is 3.49. The molecule has 2 aromatic rings. The molecule has 5 rings (SSSR count). The predicted molar refractivity (Wildman–Crippen MR) is 133 cm³/mol. The molecule has 1 aromatic heterocycles. The van der Waals surface area contributed by atoms with Crippen LogP contribution in [0.15, 0.2) is 58.9 Å². The van der Waals surface area contributed by atoms with Crippen molar-refractivity contribution in [3.05, 3.63) is 74.3 Å². The van der Waals surface area contributed by atoms with Crippen LogP contribution < -0.4 is 10.1 Å². The first-order chi connectivity index (χ1) is 16.4. The molecule has 0 bridgehead atoms. The summed E-state index contributed by atoms with van der Waals surface area (Å²) < 4.78 is 11.3. The molecule has 0 amide bonds. The standard InChI is InChI=1S/C28H31NO4S/c1-16-11-12-24(34-16)27-25(28(31)33-20-8-4-5-9-20)17(2)29-22-14-19(15-23(30)26(22)27)18-7-6-10-21(13-18)32-3/h6-7,10-13,19-20,27,29H,4-5,8-9,14-15H2,1-3H3/t19-,27+/m0/s1. The maximum atomic E-state index is 13.7. The Labute approximate surface area is 204 Å². The highest BCUT2D eigenvalue weighted by atomic mass is 32.1. The van der Waals surface area contributed by atoms with Gasteiger partial charge in [-0.15, -0.1) is 11.3 Å². The molecule has 0 radical (unpaired) electrons. The van der Waals surface area contributed by atoms with E-state index in [9.17, 15) is 9.59 Å². The number of ketones is 1. The predicted octanol–water partition coefficient (Wildman–Crippen LogP) is 5.91. The highest BCUT2D eigenvalue weighted by molar-refractivity contribution is 7.12. The molecule has 3 aliphatic rings. The van der Waals surface area contributed by atoms with E-state index in [-0.39, 0.29) is 29.7 Å². The SMILES string of the molecule is COc1cccc([C@@H]2CC(=O)C3=C(C2)NC(C)=C(C(=O)OC2CCCC2)[C@H]3c2ccc(C)s2)c1. The second kappa shape index (κ2) is 9.41. The number of allylic oxidation sites excluding steroid dienone is 3. The zero-order chi connectivity index (χ0) is 23.8. The van der Waals surface area contributed by atoms with E-state index in [0.717, 1.165) is 70.1 Å². The van der Waals surface area contributed by atoms with E-state index >= 15 is 0 Å². The van der Waals surface area contributed by atoms with Crippen LogP contribution in [-0.4, -0.2) is 25.0 Å². The van der Waals surface area contributed by atoms with Gasteiger partial charge in [0.1, 0.15) is 11.9 Å². The fourth-order valence-electron chi connectivity index (χ4n) is 5.55. The van der Waals surface area contributed by atoms with Crippen LogP contribution in [0, 0.1) is 6.92 Å². The van der Waals surface area contributed by atoms with Gasteiger partial charge in [-0.05, 0) is 81.7 Å². The smallest absolute Gasteiger partial charge is 0.337 e. The third-order valence-electron chi connectivity index (χ3n) is 7.23. The molecule has 34 heavy (non-hydrogen) atoms. The van der Waals surface area contributed by atoms with Crippen molar-refractivity contribution in [2.45, 2.75) is 70.3 Å². The molecule has 178 valence electrons. The molecular weight excluding hydrogens is 446 g/mol. The molecule has 1 aliphatic heterocycles. The molecule has 5 nitrogen and oxygen atoms in total. The summed E-state index contributed by atoms with van der Waals surface area (Å²) in [6, 6.07) is 12.1. The summed E-state index contributed by atoms with van der Waals surface area (Å²) in [6.07, 6.45) is 5.15. The van der Waals surface area contributed by atoms with Crippen LogP contribution in [-0.2, 0) is 14.3 Å². The van der Waals surface area contributed by atoms with Gasteiger partial charge in [-0.1, -0.05) is 12.1 Å². The number of nitrogens with one attached hydrogen (secondary N) is 1. The molecule has 2 aliphatic carbocycles. The minimum Gasteiger partial charge on any atom is -0.497 e. The zero-order valence-corrected chi connectivity index (χ0v) is 20.8. The Hall–Kier alpha value is -2.86. The van der Waals surface area contributed by atoms with Gasteiger partial charge in [-0.2, -0.15) is 0 Å². The summed E-state index contributed by atoms with van der Waals surface area (Å²) >= 11 is 1.65. The van der Waals surface area contributed by atoms with Crippen molar-refractivity contribution in [3.8, 4) is 5.75 Å². The first-order valence-corrected chi connectivity index (χ1v) is 12.9. The Morgan fingerprint density at radius 1 is 1.09 bits per heavy atom. The van der Waals surface area contributed by atoms with Crippen molar-refractivity contribution in [1.82, 2.24) is 5.32 Å². The van der Waals surface area contributed by atoms with E-state index in [4.69, 9.17) is 9.47 Å². The van der Waals surface area contributed by atoms with E-state index < -0.39 is 0 Å². The van der Waals surface area contributed by atoms with Gasteiger partial charge in [-0.3, -0.25) is 4.79 Å². The lowest BCUT2D eigenvalue weighted by atomic mass is 9.73. The third-order valence-corrected chi connectivity index (χ3v) is 8.30. The number of carbonyl (C=O) groups is 2. The molecule has 1 N–H and O–H groups in total. The largest absolute Gasteiger partial charge is 0.497 e. The van der Waals surface area contributed by atoms with Crippen molar-refractivity contribution in [1.29, 1.82) is 0 Å². The minimum atomic E-state index is -0.373. The maximum Gasteiger partial charge on any atom is 0.337 e. The number of carbonyl (C=O) groups excluding carboxylic acids is 2. The summed E-state index contributed by atoms with van der Waals surface area (Å²) in [5, 5.41) is 3.45. The zero-order valence-electron chi connectivity index (χ0n) is 20.0. The lowest BCUT2D eigenvalue weighted by Crippen LogP contribution is -2.36. The van der Waals surface area contributed by atoms with Gasteiger partial charge in [0.05, 0.1) is 18.6 Å². The van der Waals surface area contributed by atoms with Crippen molar-refractivity contribution >= 4 is 23.1 Å². The normalized spacial score (nSPS) is 23.1. The third kappa shape index (κ3) is 4.31. The number of Topliss-reactive ketones (excluding diaryl/α,β-unsaturated/α-hetero) is 1. The quantitative estimate of drug-likeness (QED) is 0.542. The molecule has 1 fully saturated rings. The summed E-state index contributed by atoms with van der Waals surface area (Å²) in [6.45, 7) is 3.99. The van der Waals surface area contributed by atoms with Crippen LogP contribution in [0.1, 0.15) is 72.6 Å². The first-order valence-electron chi connectivity index (χ1n) is 12.1. The maximum absolute atomic E-state index is 13.7. The number of ether oxygens (including phenoxy) is 2. The number of hydrogen-bond acceptors (Lipinski definition) is 6. The van der Waals surface area contributed by atoms with Crippen molar-refractivity contribution < 1.29 is 19.1 Å². The summed E-state index contributed by atoms with van der Waals surface area (Å²) in [4.78, 5) is 29.3. The van der Waals surface area contributed by atoms with Crippen molar-refractivity contribution in [2.75, 3.05) is 7.11 Å². The van der Waals surface area contributed by atoms with Gasteiger partial charge in [0.15, 0.2) is 5.78 Å². The van der Waals surface area contributed by atoms with Gasteiger partial charge >= 0.3 is 5.97 Å². The van der Waals surface area contributed by atoms with Gasteiger partial charge in [0.2, 0.25) is 0 Å². The van der Waals surface area contributed by atoms with E-state index in [0.29, 0.717) is 12.0 Å². The highest BCUT2D eigenvalue weighted by Gasteiger charge is 2.42. The van der Waals surface area contributed by atoms with Crippen LogP contribution in [0.25, 0.3) is 0 Å². The van der Waals surface area contributed by atoms with E-state index in [1.54, 1.807) is 18.4 Å². The van der Waals surface area contributed by atoms with E-state index in [1.165, 1.54) is 0 Å². The van der Waals surface area contributed by atoms with Crippen molar-refractivity contribution in [2.24, 2.45) is 0 Å². The number of hydrogen-bond donors (Lipinski definition) is 1. The molecular formula is C28H31NO4S. The van der Waals surface area contributed by atoms with Gasteiger partial charge in [0.25, 0.3) is 0 Å². The van der Waals surface area contributed by atoms with Crippen LogP contribution in [0.5, 0.6) is 5.75 Å². The minimum absolute atomic E-state index is 0.0200. The van der Waals surface area contributed by atoms with E-state index in [2.05, 4.69) is 30.4 Å². The fourth-order valence-corrected chi connectivity index (χ4v) is 6.55. The van der Waals surface area contributed by atoms with Crippen LogP contribution in [0.4, 0.5) is 0 Å². The lowest BCUT2D eigenvalue weighted by Gasteiger charge is -2.36. The highest BCUT2D eigenvalue weighted by Crippen LogP contribution is 2.47. The van der Waals surface area contributed by atoms with Gasteiger partial charge in [-0.25, -0.2) is 4.79 Å². The number of esters is 1. The molecule has 0 unspecified atom stereocenters. The summed E-state index contributed by atoms with van der Waals surface area (Å²) in [5.74, 6) is 0.293. The molecule has 0 spiro atoms. The van der Waals surface area contributed by atoms with Crippen molar-refractivity contribution in [3.63, 3.8) is 0 Å². The average molecular weight is 478 g/mol. The number of benzene rings is 1.